The second-order valence-corrected chi connectivity index (χ2v) is 3.47. The standard InChI is InChI=1S/C8H3BrF3N3O/c9-5-1-4(2-13)3-14-6(5)15-7(16)8(10,11)12/h1,3H,(H,14,15,16). The van der Waals surface area contributed by atoms with Crippen LogP contribution in [0, 0.1) is 11.3 Å². The van der Waals surface area contributed by atoms with Gasteiger partial charge in [-0.05, 0) is 22.0 Å². The molecule has 0 aliphatic heterocycles. The molecule has 0 atom stereocenters. The Hall–Kier alpha value is -1.62. The van der Waals surface area contributed by atoms with Crippen molar-refractivity contribution in [2.45, 2.75) is 6.18 Å². The van der Waals surface area contributed by atoms with E-state index in [1.807, 2.05) is 0 Å². The number of anilines is 1. The summed E-state index contributed by atoms with van der Waals surface area (Å²) in [6.45, 7) is 0. The molecular formula is C8H3BrF3N3O. The Balaban J connectivity index is 2.92. The summed E-state index contributed by atoms with van der Waals surface area (Å²) in [6.07, 6.45) is -3.92. The lowest BCUT2D eigenvalue weighted by Crippen LogP contribution is -2.30. The molecule has 1 heterocycles. The van der Waals surface area contributed by atoms with Gasteiger partial charge in [-0.2, -0.15) is 18.4 Å². The molecule has 0 aliphatic carbocycles. The first-order chi connectivity index (χ1) is 7.34. The first-order valence-electron chi connectivity index (χ1n) is 3.78. The summed E-state index contributed by atoms with van der Waals surface area (Å²) in [4.78, 5) is 14.1. The summed E-state index contributed by atoms with van der Waals surface area (Å²) in [7, 11) is 0. The number of rotatable bonds is 1. The van der Waals surface area contributed by atoms with E-state index in [1.165, 1.54) is 6.07 Å². The Kier molecular flexibility index (Phi) is 3.49. The van der Waals surface area contributed by atoms with Crippen LogP contribution in [-0.4, -0.2) is 17.1 Å². The molecule has 0 radical (unpaired) electrons. The van der Waals surface area contributed by atoms with E-state index in [0.29, 0.717) is 0 Å². The van der Waals surface area contributed by atoms with E-state index in [-0.39, 0.29) is 15.9 Å². The number of pyridine rings is 1. The van der Waals surface area contributed by atoms with E-state index >= 15 is 0 Å². The molecule has 1 aromatic rings. The number of carbonyl (C=O) groups excluding carboxylic acids is 1. The van der Waals surface area contributed by atoms with Crippen molar-refractivity contribution in [2.24, 2.45) is 0 Å². The highest BCUT2D eigenvalue weighted by molar-refractivity contribution is 9.10. The van der Waals surface area contributed by atoms with Crippen molar-refractivity contribution < 1.29 is 18.0 Å². The maximum Gasteiger partial charge on any atom is 0.471 e. The molecule has 1 amide bonds. The fourth-order valence-electron chi connectivity index (χ4n) is 0.769. The minimum Gasteiger partial charge on any atom is -0.302 e. The molecule has 0 saturated carbocycles. The lowest BCUT2D eigenvalue weighted by atomic mass is 10.3. The van der Waals surface area contributed by atoms with E-state index in [4.69, 9.17) is 5.26 Å². The van der Waals surface area contributed by atoms with E-state index in [2.05, 4.69) is 20.9 Å². The van der Waals surface area contributed by atoms with Crippen LogP contribution in [0.4, 0.5) is 19.0 Å². The normalized spacial score (nSPS) is 10.7. The van der Waals surface area contributed by atoms with Crippen molar-refractivity contribution in [1.82, 2.24) is 4.98 Å². The van der Waals surface area contributed by atoms with Crippen molar-refractivity contribution in [3.63, 3.8) is 0 Å². The molecule has 0 aliphatic rings. The Morgan fingerprint density at radius 2 is 2.19 bits per heavy atom. The highest BCUT2D eigenvalue weighted by Crippen LogP contribution is 2.23. The number of carbonyl (C=O) groups is 1. The first-order valence-corrected chi connectivity index (χ1v) is 4.57. The van der Waals surface area contributed by atoms with Crippen LogP contribution in [0.15, 0.2) is 16.7 Å². The molecule has 1 N–H and O–H groups in total. The van der Waals surface area contributed by atoms with Gasteiger partial charge in [0, 0.05) is 6.20 Å². The molecule has 8 heteroatoms. The summed E-state index contributed by atoms with van der Waals surface area (Å²) in [5.41, 5.74) is 0.164. The fourth-order valence-corrected chi connectivity index (χ4v) is 1.22. The van der Waals surface area contributed by atoms with Gasteiger partial charge in [-0.1, -0.05) is 0 Å². The molecule has 0 bridgehead atoms. The minimum absolute atomic E-state index is 0.101. The maximum atomic E-state index is 11.9. The maximum absolute atomic E-state index is 11.9. The number of hydrogen-bond acceptors (Lipinski definition) is 3. The lowest BCUT2D eigenvalue weighted by molar-refractivity contribution is -0.167. The molecule has 0 saturated heterocycles. The van der Waals surface area contributed by atoms with Crippen molar-refractivity contribution >= 4 is 27.7 Å². The number of nitrogens with one attached hydrogen (secondary N) is 1. The molecule has 16 heavy (non-hydrogen) atoms. The van der Waals surface area contributed by atoms with Gasteiger partial charge in [0.15, 0.2) is 0 Å². The van der Waals surface area contributed by atoms with Crippen LogP contribution in [0.1, 0.15) is 5.56 Å². The van der Waals surface area contributed by atoms with Gasteiger partial charge in [-0.3, -0.25) is 4.79 Å². The largest absolute Gasteiger partial charge is 0.471 e. The number of nitriles is 1. The Morgan fingerprint density at radius 3 is 2.62 bits per heavy atom. The van der Waals surface area contributed by atoms with E-state index < -0.39 is 12.1 Å². The zero-order valence-corrected chi connectivity index (χ0v) is 9.06. The average Bonchev–Trinajstić information content (AvgIpc) is 2.19. The second-order valence-electron chi connectivity index (χ2n) is 2.62. The predicted octanol–water partition coefficient (Wildman–Crippen LogP) is 2.22. The molecule has 4 nitrogen and oxygen atoms in total. The number of alkyl halides is 3. The van der Waals surface area contributed by atoms with Crippen molar-refractivity contribution in [3.05, 3.63) is 22.3 Å². The molecular weight excluding hydrogens is 291 g/mol. The van der Waals surface area contributed by atoms with Crippen LogP contribution in [0.3, 0.4) is 0 Å². The molecule has 0 unspecified atom stereocenters. The summed E-state index contributed by atoms with van der Waals surface area (Å²) in [5.74, 6) is -2.41. The molecule has 0 spiro atoms. The van der Waals surface area contributed by atoms with Gasteiger partial charge < -0.3 is 5.32 Å². The fraction of sp³-hybridized carbons (Fsp3) is 0.125. The molecule has 0 aromatic carbocycles. The van der Waals surface area contributed by atoms with Crippen molar-refractivity contribution in [2.75, 3.05) is 5.32 Å². The number of amides is 1. The Morgan fingerprint density at radius 1 is 1.56 bits per heavy atom. The lowest BCUT2D eigenvalue weighted by Gasteiger charge is -2.08. The highest BCUT2D eigenvalue weighted by atomic mass is 79.9. The molecule has 1 rings (SSSR count). The van der Waals surface area contributed by atoms with Crippen LogP contribution >= 0.6 is 15.9 Å². The number of hydrogen-bond donors (Lipinski definition) is 1. The summed E-state index contributed by atoms with van der Waals surface area (Å²) < 4.78 is 35.8. The van der Waals surface area contributed by atoms with Gasteiger partial charge in [0.05, 0.1) is 10.0 Å². The Labute approximate surface area is 96.2 Å². The summed E-state index contributed by atoms with van der Waals surface area (Å²) in [5, 5.41) is 10.1. The van der Waals surface area contributed by atoms with Crippen molar-refractivity contribution in [3.8, 4) is 6.07 Å². The second kappa shape index (κ2) is 4.49. The zero-order chi connectivity index (χ0) is 12.3. The van der Waals surface area contributed by atoms with Crippen LogP contribution in [0.25, 0.3) is 0 Å². The summed E-state index contributed by atoms with van der Waals surface area (Å²) in [6, 6.07) is 3.00. The molecule has 0 fully saturated rings. The highest BCUT2D eigenvalue weighted by Gasteiger charge is 2.39. The zero-order valence-electron chi connectivity index (χ0n) is 7.47. The van der Waals surface area contributed by atoms with E-state index in [0.717, 1.165) is 6.20 Å². The van der Waals surface area contributed by atoms with Crippen LogP contribution in [0.2, 0.25) is 0 Å². The smallest absolute Gasteiger partial charge is 0.302 e. The minimum atomic E-state index is -4.98. The van der Waals surface area contributed by atoms with Gasteiger partial charge in [-0.15, -0.1) is 0 Å². The molecule has 84 valence electrons. The third kappa shape index (κ3) is 2.93. The van der Waals surface area contributed by atoms with E-state index in [9.17, 15) is 18.0 Å². The van der Waals surface area contributed by atoms with E-state index in [1.54, 1.807) is 11.4 Å². The predicted molar refractivity (Wildman–Crippen MR) is 51.3 cm³/mol. The third-order valence-corrected chi connectivity index (χ3v) is 2.06. The van der Waals surface area contributed by atoms with Gasteiger partial charge in [0.2, 0.25) is 0 Å². The van der Waals surface area contributed by atoms with Crippen molar-refractivity contribution in [1.29, 1.82) is 5.26 Å². The number of halogens is 4. The summed E-state index contributed by atoms with van der Waals surface area (Å²) >= 11 is 2.89. The van der Waals surface area contributed by atoms with Crippen LogP contribution in [0.5, 0.6) is 0 Å². The topological polar surface area (TPSA) is 65.8 Å². The Bertz CT molecular complexity index is 467. The van der Waals surface area contributed by atoms with Crippen LogP contribution in [-0.2, 0) is 4.79 Å². The number of aromatic nitrogens is 1. The first kappa shape index (κ1) is 12.4. The molecule has 1 aromatic heterocycles. The van der Waals surface area contributed by atoms with Crippen LogP contribution < -0.4 is 5.32 Å². The SMILES string of the molecule is N#Cc1cnc(NC(=O)C(F)(F)F)c(Br)c1. The van der Waals surface area contributed by atoms with Gasteiger partial charge in [0.1, 0.15) is 11.9 Å². The average molecular weight is 294 g/mol. The van der Waals surface area contributed by atoms with Gasteiger partial charge in [0.25, 0.3) is 0 Å². The van der Waals surface area contributed by atoms with Gasteiger partial charge >= 0.3 is 12.1 Å². The quantitative estimate of drug-likeness (QED) is 0.863. The van der Waals surface area contributed by atoms with Gasteiger partial charge in [-0.25, -0.2) is 4.98 Å². The monoisotopic (exact) mass is 293 g/mol. The number of nitrogens with zero attached hydrogens (tertiary/aromatic N) is 2. The third-order valence-electron chi connectivity index (χ3n) is 1.46.